The molecule has 2 aromatic rings. The maximum Gasteiger partial charge on any atom is 0.481 e. The fraction of sp³-hybridized carbons (Fsp3) is 0.633. The standard InChI is InChI=1S/C30H48N7O17P3S/c1-4-5-6-7-8-9-10-21(39)58-14-13-32-20(38)11-12-33-28(42)25(41)30(2,3)16-51-57(48,49)54-56(46,47)50-15-19-24(53-55(43,44)45)23(40)29(52-19)37-18-36-22-26(31)34-17-35-27(22)37/h7,9,17-19,23-25,29,40-41H,4-6,10-16H2,1-3H3,(H,32,38)(H,33,42)(H,46,47)(H,48,49)(H2,31,34,35)(H2,43,44,45)/t8?,19-,23-,24-,25+,29+/m1/s1. The Bertz CT molecular complexity index is 1940. The first-order valence-corrected chi connectivity index (χ1v) is 23.0. The quantitative estimate of drug-likeness (QED) is 0.0402. The average molecular weight is 904 g/mol. The van der Waals surface area contributed by atoms with E-state index < -0.39 is 84.6 Å². The van der Waals surface area contributed by atoms with E-state index >= 15 is 0 Å². The van der Waals surface area contributed by atoms with Gasteiger partial charge in [-0.2, -0.15) is 4.31 Å². The van der Waals surface area contributed by atoms with Gasteiger partial charge in [0, 0.05) is 37.1 Å². The number of aromatic nitrogens is 4. The number of carbonyl (C=O) groups excluding carboxylic acids is 3. The van der Waals surface area contributed by atoms with E-state index in [1.165, 1.54) is 13.8 Å². The number of fused-ring (bicyclic) bond motifs is 1. The third-order valence-electron chi connectivity index (χ3n) is 7.97. The number of hydrogen-bond acceptors (Lipinski definition) is 18. The Labute approximate surface area is 336 Å². The molecule has 1 aliphatic heterocycles. The minimum atomic E-state index is -5.57. The van der Waals surface area contributed by atoms with Gasteiger partial charge in [0.15, 0.2) is 22.8 Å². The van der Waals surface area contributed by atoms with Crippen LogP contribution in [-0.4, -0.2) is 123 Å². The highest BCUT2D eigenvalue weighted by Crippen LogP contribution is 2.61. The first kappa shape index (κ1) is 49.4. The maximum absolute atomic E-state index is 12.7. The summed E-state index contributed by atoms with van der Waals surface area (Å²) in [6, 6.07) is 0. The molecule has 0 radical (unpaired) electrons. The van der Waals surface area contributed by atoms with E-state index in [2.05, 4.69) is 47.1 Å². The first-order chi connectivity index (χ1) is 27.1. The SMILES string of the molecule is CCCCC=C=CCC(=O)SCCNC(=O)CCNC(=O)[C@H](O)C(C)(C)COP(=O)(O)OP(=O)(O)OC[C@H]1O[C@H](n2cnc3c(N)ncnc32)[C@H](O)[C@@H]1OP(=O)(O)O. The molecule has 7 atom stereocenters. The van der Waals surface area contributed by atoms with Crippen LogP contribution in [0.3, 0.4) is 0 Å². The molecular formula is C30H48N7O17P3S. The summed E-state index contributed by atoms with van der Waals surface area (Å²) < 4.78 is 62.1. The van der Waals surface area contributed by atoms with Crippen LogP contribution in [0.25, 0.3) is 11.2 Å². The number of aliphatic hydroxyl groups is 2. The number of phosphoric acid groups is 3. The van der Waals surface area contributed by atoms with Gasteiger partial charge in [-0.25, -0.2) is 28.6 Å². The van der Waals surface area contributed by atoms with E-state index in [1.807, 2.05) is 6.08 Å². The summed E-state index contributed by atoms with van der Waals surface area (Å²) >= 11 is 1.05. The number of allylic oxidation sites excluding steroid dienone is 1. The highest BCUT2D eigenvalue weighted by Gasteiger charge is 2.50. The fourth-order valence-corrected chi connectivity index (χ4v) is 8.43. The zero-order valence-corrected chi connectivity index (χ0v) is 35.1. The van der Waals surface area contributed by atoms with Crippen LogP contribution in [0.15, 0.2) is 30.5 Å². The molecule has 2 unspecified atom stereocenters. The molecule has 1 fully saturated rings. The van der Waals surface area contributed by atoms with Crippen LogP contribution in [0.5, 0.6) is 0 Å². The van der Waals surface area contributed by atoms with Crippen LogP contribution < -0.4 is 16.4 Å². The van der Waals surface area contributed by atoms with Crippen molar-refractivity contribution in [2.75, 3.05) is 37.8 Å². The number of imidazole rings is 1. The molecule has 3 rings (SSSR count). The highest BCUT2D eigenvalue weighted by atomic mass is 32.2. The van der Waals surface area contributed by atoms with Crippen molar-refractivity contribution in [3.05, 3.63) is 30.5 Å². The molecule has 0 aliphatic carbocycles. The number of thioether (sulfide) groups is 1. The fourth-order valence-electron chi connectivity index (χ4n) is 4.97. The van der Waals surface area contributed by atoms with Gasteiger partial charge in [-0.15, -0.1) is 5.73 Å². The van der Waals surface area contributed by atoms with Crippen molar-refractivity contribution in [2.45, 2.75) is 83.5 Å². The average Bonchev–Trinajstić information content (AvgIpc) is 3.69. The van der Waals surface area contributed by atoms with E-state index in [9.17, 15) is 57.9 Å². The van der Waals surface area contributed by atoms with Gasteiger partial charge in [-0.1, -0.05) is 39.0 Å². The second kappa shape index (κ2) is 22.1. The lowest BCUT2D eigenvalue weighted by molar-refractivity contribution is -0.137. The van der Waals surface area contributed by atoms with Crippen LogP contribution in [-0.2, 0) is 50.7 Å². The Morgan fingerprint density at radius 2 is 1.79 bits per heavy atom. The minimum Gasteiger partial charge on any atom is -0.386 e. The molecule has 1 aliphatic rings. The minimum absolute atomic E-state index is 0.0300. The molecular weight excluding hydrogens is 855 g/mol. The van der Waals surface area contributed by atoms with E-state index in [4.69, 9.17) is 19.5 Å². The molecule has 0 bridgehead atoms. The summed E-state index contributed by atoms with van der Waals surface area (Å²) in [5.41, 5.74) is 7.22. The molecule has 1 saturated heterocycles. The number of hydrogen-bond donors (Lipinski definition) is 9. The van der Waals surface area contributed by atoms with Crippen LogP contribution in [0.1, 0.15) is 59.1 Å². The molecule has 28 heteroatoms. The lowest BCUT2D eigenvalue weighted by Gasteiger charge is -2.30. The summed E-state index contributed by atoms with van der Waals surface area (Å²) in [5.74, 6) is -1.13. The van der Waals surface area contributed by atoms with Gasteiger partial charge >= 0.3 is 23.5 Å². The molecule has 2 amide bonds. The Balaban J connectivity index is 1.45. The number of nitrogen functional groups attached to an aromatic ring is 1. The van der Waals surface area contributed by atoms with Gasteiger partial charge in [-0.05, 0) is 25.0 Å². The molecule has 2 aromatic heterocycles. The molecule has 0 saturated carbocycles. The second-order valence-corrected chi connectivity index (χ2v) is 18.6. The zero-order chi connectivity index (χ0) is 43.3. The Morgan fingerprint density at radius 3 is 2.48 bits per heavy atom. The third kappa shape index (κ3) is 15.9. The largest absolute Gasteiger partial charge is 0.481 e. The Kier molecular flexibility index (Phi) is 18.8. The van der Waals surface area contributed by atoms with Crippen LogP contribution in [0.4, 0.5) is 5.82 Å². The molecule has 0 aromatic carbocycles. The molecule has 10 N–H and O–H groups in total. The summed E-state index contributed by atoms with van der Waals surface area (Å²) in [4.78, 5) is 87.6. The van der Waals surface area contributed by atoms with E-state index in [0.717, 1.165) is 48.2 Å². The number of carbonyl (C=O) groups is 3. The smallest absolute Gasteiger partial charge is 0.386 e. The van der Waals surface area contributed by atoms with Gasteiger partial charge in [0.1, 0.15) is 36.3 Å². The van der Waals surface area contributed by atoms with Crippen LogP contribution >= 0.6 is 35.2 Å². The second-order valence-electron chi connectivity index (χ2n) is 13.2. The van der Waals surface area contributed by atoms with Crippen molar-refractivity contribution in [2.24, 2.45) is 5.41 Å². The van der Waals surface area contributed by atoms with Crippen molar-refractivity contribution in [3.63, 3.8) is 0 Å². The van der Waals surface area contributed by atoms with Crippen molar-refractivity contribution in [3.8, 4) is 0 Å². The number of aliphatic hydroxyl groups excluding tert-OH is 2. The number of nitrogens with two attached hydrogens (primary N) is 1. The van der Waals surface area contributed by atoms with Crippen LogP contribution in [0.2, 0.25) is 0 Å². The number of nitrogens with zero attached hydrogens (tertiary/aromatic N) is 4. The number of phosphoric ester groups is 3. The number of anilines is 1. The monoisotopic (exact) mass is 903 g/mol. The summed E-state index contributed by atoms with van der Waals surface area (Å²) in [5, 5.41) is 26.3. The Hall–Kier alpha value is -2.92. The number of unbranched alkanes of at least 4 members (excludes halogenated alkanes) is 2. The first-order valence-electron chi connectivity index (χ1n) is 17.5. The topological polar surface area (TPSA) is 364 Å². The van der Waals surface area contributed by atoms with E-state index in [0.29, 0.717) is 5.75 Å². The van der Waals surface area contributed by atoms with E-state index in [1.54, 1.807) is 6.08 Å². The number of amides is 2. The van der Waals surface area contributed by atoms with Crippen molar-refractivity contribution in [1.29, 1.82) is 0 Å². The zero-order valence-electron chi connectivity index (χ0n) is 31.6. The maximum atomic E-state index is 12.7. The summed E-state index contributed by atoms with van der Waals surface area (Å²) in [7, 11) is -16.4. The molecule has 24 nitrogen and oxygen atoms in total. The van der Waals surface area contributed by atoms with Crippen molar-refractivity contribution < 1.29 is 80.5 Å². The van der Waals surface area contributed by atoms with Gasteiger partial charge in [0.05, 0.1) is 19.5 Å². The van der Waals surface area contributed by atoms with Gasteiger partial charge in [-0.3, -0.25) is 32.5 Å². The number of rotatable bonds is 24. The van der Waals surface area contributed by atoms with Crippen molar-refractivity contribution >= 4 is 69.1 Å². The molecule has 3 heterocycles. The lowest BCUT2D eigenvalue weighted by atomic mass is 9.87. The number of ether oxygens (including phenoxy) is 1. The van der Waals surface area contributed by atoms with Crippen LogP contribution in [0, 0.1) is 5.41 Å². The van der Waals surface area contributed by atoms with E-state index in [-0.39, 0.29) is 48.0 Å². The normalized spacial score (nSPS) is 21.1. The summed E-state index contributed by atoms with van der Waals surface area (Å²) in [6.07, 6.45) is -0.173. The molecule has 326 valence electrons. The van der Waals surface area contributed by atoms with Gasteiger partial charge in [0.25, 0.3) is 0 Å². The Morgan fingerprint density at radius 1 is 1.09 bits per heavy atom. The summed E-state index contributed by atoms with van der Waals surface area (Å²) in [6.45, 7) is 2.56. The van der Waals surface area contributed by atoms with Crippen molar-refractivity contribution in [1.82, 2.24) is 30.2 Å². The predicted octanol–water partition coefficient (Wildman–Crippen LogP) is 0.956. The highest BCUT2D eigenvalue weighted by molar-refractivity contribution is 8.13. The predicted molar refractivity (Wildman–Crippen MR) is 204 cm³/mol. The lowest BCUT2D eigenvalue weighted by Crippen LogP contribution is -2.46. The number of nitrogens with one attached hydrogen (secondary N) is 2. The van der Waals surface area contributed by atoms with Gasteiger partial charge in [0.2, 0.25) is 11.8 Å². The van der Waals surface area contributed by atoms with Gasteiger partial charge < -0.3 is 50.9 Å². The molecule has 58 heavy (non-hydrogen) atoms. The molecule has 0 spiro atoms. The third-order valence-corrected chi connectivity index (χ3v) is 12.0.